The first-order valence-corrected chi connectivity index (χ1v) is 13.3. The predicted octanol–water partition coefficient (Wildman–Crippen LogP) is 6.86. The van der Waals surface area contributed by atoms with E-state index in [1.165, 1.54) is 23.1 Å². The summed E-state index contributed by atoms with van der Waals surface area (Å²) >= 11 is 5.98. The third-order valence-electron chi connectivity index (χ3n) is 4.15. The second-order valence-corrected chi connectivity index (χ2v) is 11.0. The lowest BCUT2D eigenvalue weighted by molar-refractivity contribution is -0.133. The van der Waals surface area contributed by atoms with E-state index in [1.54, 1.807) is 18.2 Å². The molecule has 0 aliphatic heterocycles. The van der Waals surface area contributed by atoms with Crippen molar-refractivity contribution in [1.82, 2.24) is 4.98 Å². The quantitative estimate of drug-likeness (QED) is 0.192. The molecular formula is C19H16BrF2N2O5PS2. The summed E-state index contributed by atoms with van der Waals surface area (Å²) in [7, 11) is -4.46. The lowest BCUT2D eigenvalue weighted by Gasteiger charge is -2.10. The fraction of sp³-hybridized carbons (Fsp3) is 0.158. The first-order valence-electron chi connectivity index (χ1n) is 8.93. The van der Waals surface area contributed by atoms with Crippen LogP contribution in [-0.2, 0) is 31.5 Å². The Hall–Kier alpha value is -1.82. The number of halogens is 3. The first kappa shape index (κ1) is 24.8. The van der Waals surface area contributed by atoms with Crippen molar-refractivity contribution in [2.75, 3.05) is 11.1 Å². The Kier molecular flexibility index (Phi) is 8.80. The Morgan fingerprint density at radius 1 is 1.22 bits per heavy atom. The average Bonchev–Trinajstić information content (AvgIpc) is 3.27. The third kappa shape index (κ3) is 6.84. The summed E-state index contributed by atoms with van der Waals surface area (Å²) in [6.07, 6.45) is -0.558. The van der Waals surface area contributed by atoms with Gasteiger partial charge in [-0.25, -0.2) is 4.98 Å². The zero-order valence-electron chi connectivity index (χ0n) is 16.2. The molecule has 0 spiro atoms. The van der Waals surface area contributed by atoms with Crippen molar-refractivity contribution in [3.8, 4) is 11.3 Å². The molecule has 0 atom stereocenters. The van der Waals surface area contributed by atoms with Gasteiger partial charge in [-0.05, 0) is 38.4 Å². The van der Waals surface area contributed by atoms with E-state index in [9.17, 15) is 18.4 Å². The molecule has 3 aromatic rings. The van der Waals surface area contributed by atoms with Crippen molar-refractivity contribution < 1.29 is 33.0 Å². The summed E-state index contributed by atoms with van der Waals surface area (Å²) in [5.41, 5.74) is 2.93. The second kappa shape index (κ2) is 11.4. The highest BCUT2D eigenvalue weighted by atomic mass is 79.9. The molecule has 13 heteroatoms. The van der Waals surface area contributed by atoms with Crippen LogP contribution in [0.1, 0.15) is 11.1 Å². The maximum Gasteiger partial charge on any atom is 0.399 e. The number of benzene rings is 2. The fourth-order valence-electron chi connectivity index (χ4n) is 2.63. The van der Waals surface area contributed by atoms with Gasteiger partial charge in [0, 0.05) is 26.9 Å². The largest absolute Gasteiger partial charge is 0.481 e. The van der Waals surface area contributed by atoms with Gasteiger partial charge in [0.2, 0.25) is 0 Å². The van der Waals surface area contributed by atoms with Crippen LogP contribution in [0.3, 0.4) is 0 Å². The van der Waals surface area contributed by atoms with Crippen LogP contribution < -0.4 is 5.32 Å². The molecule has 0 unspecified atom stereocenters. The highest BCUT2D eigenvalue weighted by Crippen LogP contribution is 2.53. The molecule has 0 aliphatic carbocycles. The molecule has 0 saturated carbocycles. The maximum atomic E-state index is 12.3. The van der Waals surface area contributed by atoms with Crippen molar-refractivity contribution in [3.63, 3.8) is 0 Å². The summed E-state index contributed by atoms with van der Waals surface area (Å²) in [5.74, 6) is -0.855. The number of thiazole rings is 1. The predicted molar refractivity (Wildman–Crippen MR) is 123 cm³/mol. The normalized spacial score (nSPS) is 11.5. The number of thioether (sulfide) groups is 1. The summed E-state index contributed by atoms with van der Waals surface area (Å²) in [6.45, 7) is 0.438. The van der Waals surface area contributed by atoms with E-state index in [2.05, 4.69) is 35.7 Å². The number of anilines is 1. The van der Waals surface area contributed by atoms with E-state index >= 15 is 0 Å². The highest BCUT2D eigenvalue weighted by Gasteiger charge is 2.29. The lowest BCUT2D eigenvalue weighted by Crippen LogP contribution is -2.00. The van der Waals surface area contributed by atoms with Crippen LogP contribution in [0.4, 0.5) is 14.2 Å². The van der Waals surface area contributed by atoms with E-state index in [-0.39, 0.29) is 5.75 Å². The Morgan fingerprint density at radius 2 is 1.94 bits per heavy atom. The molecule has 3 rings (SSSR count). The number of carbonyl (C=O) groups is 1. The highest BCUT2D eigenvalue weighted by molar-refractivity contribution is 9.10. The van der Waals surface area contributed by atoms with E-state index in [0.29, 0.717) is 21.7 Å². The molecule has 0 aliphatic rings. The Morgan fingerprint density at radius 3 is 2.56 bits per heavy atom. The Bertz CT molecular complexity index is 1130. The minimum atomic E-state index is -4.46. The van der Waals surface area contributed by atoms with Crippen LogP contribution in [-0.4, -0.2) is 21.8 Å². The number of hydrogen-bond donors (Lipinski definition) is 2. The molecule has 0 bridgehead atoms. The van der Waals surface area contributed by atoms with Gasteiger partial charge in [0.15, 0.2) is 5.13 Å². The number of aromatic nitrogens is 1. The minimum Gasteiger partial charge on any atom is -0.481 e. The molecule has 1 heterocycles. The minimum absolute atomic E-state index is 0.00772. The van der Waals surface area contributed by atoms with Crippen molar-refractivity contribution in [3.05, 3.63) is 63.4 Å². The molecule has 0 amide bonds. The van der Waals surface area contributed by atoms with Gasteiger partial charge in [0.05, 0.1) is 17.6 Å². The molecule has 170 valence electrons. The van der Waals surface area contributed by atoms with Gasteiger partial charge < -0.3 is 10.4 Å². The van der Waals surface area contributed by atoms with E-state index in [4.69, 9.17) is 5.11 Å². The number of carboxylic acid groups (broad SMARTS) is 1. The molecule has 2 N–H and O–H groups in total. The SMILES string of the molecule is O=C(O)CSc1ccc(-c2csc(NCc3ccc(CP(=O)(OF)OF)c(Br)c3)n2)cc1. The number of hydrogen-bond acceptors (Lipinski definition) is 8. The second-order valence-electron chi connectivity index (χ2n) is 6.43. The van der Waals surface area contributed by atoms with Crippen LogP contribution >= 0.6 is 46.6 Å². The summed E-state index contributed by atoms with van der Waals surface area (Å²) < 4.78 is 42.9. The number of nitrogens with zero attached hydrogens (tertiary/aromatic N) is 1. The van der Waals surface area contributed by atoms with Gasteiger partial charge in [-0.15, -0.1) is 32.6 Å². The zero-order chi connectivity index (χ0) is 23.1. The molecule has 2 aromatic carbocycles. The van der Waals surface area contributed by atoms with Gasteiger partial charge in [0.1, 0.15) is 0 Å². The van der Waals surface area contributed by atoms with E-state index in [1.807, 2.05) is 29.6 Å². The molecule has 32 heavy (non-hydrogen) atoms. The molecule has 0 saturated heterocycles. The van der Waals surface area contributed by atoms with Crippen molar-refractivity contribution >= 4 is 57.7 Å². The third-order valence-corrected chi connectivity index (χ3v) is 7.84. The van der Waals surface area contributed by atoms with Gasteiger partial charge in [-0.2, -0.15) is 0 Å². The molecule has 0 fully saturated rings. The average molecular weight is 565 g/mol. The first-order chi connectivity index (χ1) is 15.3. The smallest absolute Gasteiger partial charge is 0.399 e. The Labute approximate surface area is 198 Å². The van der Waals surface area contributed by atoms with Crippen molar-refractivity contribution in [1.29, 1.82) is 0 Å². The summed E-state index contributed by atoms with van der Waals surface area (Å²) in [4.78, 5) is 16.1. The monoisotopic (exact) mass is 564 g/mol. The van der Waals surface area contributed by atoms with Gasteiger partial charge >= 0.3 is 13.6 Å². The van der Waals surface area contributed by atoms with Crippen LogP contribution in [0.25, 0.3) is 11.3 Å². The molecule has 7 nitrogen and oxygen atoms in total. The lowest BCUT2D eigenvalue weighted by atomic mass is 10.1. The summed E-state index contributed by atoms with van der Waals surface area (Å²) in [6, 6.07) is 12.5. The number of nitrogens with one attached hydrogen (secondary N) is 1. The topological polar surface area (TPSA) is 97.8 Å². The van der Waals surface area contributed by atoms with E-state index in [0.717, 1.165) is 21.7 Å². The number of carboxylic acids is 1. The molecular weight excluding hydrogens is 549 g/mol. The van der Waals surface area contributed by atoms with Crippen LogP contribution in [0.15, 0.2) is 57.2 Å². The van der Waals surface area contributed by atoms with Crippen LogP contribution in [0.2, 0.25) is 0 Å². The fourth-order valence-corrected chi connectivity index (χ4v) is 5.56. The van der Waals surface area contributed by atoms with Crippen molar-refractivity contribution in [2.24, 2.45) is 0 Å². The van der Waals surface area contributed by atoms with Gasteiger partial charge in [0.25, 0.3) is 0 Å². The molecule has 1 aromatic heterocycles. The zero-order valence-corrected chi connectivity index (χ0v) is 20.3. The van der Waals surface area contributed by atoms with Crippen LogP contribution in [0.5, 0.6) is 0 Å². The van der Waals surface area contributed by atoms with Crippen molar-refractivity contribution in [2.45, 2.75) is 17.6 Å². The summed E-state index contributed by atoms with van der Waals surface area (Å²) in [5, 5.41) is 14.6. The number of rotatable bonds is 11. The van der Waals surface area contributed by atoms with Gasteiger partial charge in [-0.3, -0.25) is 9.36 Å². The standard InChI is InChI=1S/C19H16BrF2N2O5PS2/c20-16-7-12(1-2-14(16)9-30(27,28-21)29-22)8-23-19-24-17(10-32-19)13-3-5-15(6-4-13)31-11-18(25)26/h1-7,10H,8-9,11H2,(H,23,24)(H,25,26). The Balaban J connectivity index is 1.60. The van der Waals surface area contributed by atoms with Gasteiger partial charge in [-0.1, -0.05) is 40.2 Å². The maximum absolute atomic E-state index is 12.3. The van der Waals surface area contributed by atoms with E-state index < -0.39 is 19.7 Å². The molecule has 0 radical (unpaired) electrons. The van der Waals surface area contributed by atoms with Crippen LogP contribution in [0, 0.1) is 0 Å². The number of aliphatic carboxylic acids is 1.